The zero-order valence-electron chi connectivity index (χ0n) is 13.9. The quantitative estimate of drug-likeness (QED) is 0.751. The lowest BCUT2D eigenvalue weighted by Gasteiger charge is -2.17. The van der Waals surface area contributed by atoms with Crippen LogP contribution < -0.4 is 4.72 Å². The van der Waals surface area contributed by atoms with Gasteiger partial charge in [-0.3, -0.25) is 14.9 Å². The zero-order chi connectivity index (χ0) is 17.7. The molecular formula is C15H21N5O3S. The molecule has 0 saturated heterocycles. The highest BCUT2D eigenvalue weighted by Crippen LogP contribution is 2.15. The molecule has 0 atom stereocenters. The van der Waals surface area contributed by atoms with Gasteiger partial charge in [-0.2, -0.15) is 5.10 Å². The van der Waals surface area contributed by atoms with Crippen molar-refractivity contribution in [3.8, 4) is 0 Å². The highest BCUT2D eigenvalue weighted by Gasteiger charge is 2.23. The molecular weight excluding hydrogens is 330 g/mol. The summed E-state index contributed by atoms with van der Waals surface area (Å²) in [7, 11) is -2.13. The second kappa shape index (κ2) is 7.54. The molecule has 2 aromatic rings. The van der Waals surface area contributed by atoms with Crippen LogP contribution in [0.15, 0.2) is 29.4 Å². The number of aromatic amines is 1. The number of hydrogen-bond acceptors (Lipinski definition) is 5. The smallest absolute Gasteiger partial charge is 0.244 e. The molecule has 2 rings (SSSR count). The fourth-order valence-corrected chi connectivity index (χ4v) is 3.61. The van der Waals surface area contributed by atoms with Gasteiger partial charge in [0.25, 0.3) is 0 Å². The third-order valence-corrected chi connectivity index (χ3v) is 5.32. The molecule has 1 amide bonds. The molecule has 0 bridgehead atoms. The number of pyridine rings is 1. The van der Waals surface area contributed by atoms with E-state index in [-0.39, 0.29) is 17.3 Å². The number of nitrogens with zero attached hydrogens (tertiary/aromatic N) is 3. The Morgan fingerprint density at radius 3 is 2.54 bits per heavy atom. The van der Waals surface area contributed by atoms with Gasteiger partial charge in [-0.05, 0) is 38.0 Å². The first-order chi connectivity index (χ1) is 11.3. The minimum Gasteiger partial charge on any atom is -0.344 e. The number of amides is 1. The highest BCUT2D eigenvalue weighted by atomic mass is 32.2. The van der Waals surface area contributed by atoms with Gasteiger partial charge in [0.2, 0.25) is 15.9 Å². The lowest BCUT2D eigenvalue weighted by molar-refractivity contribution is -0.128. The van der Waals surface area contributed by atoms with Crippen LogP contribution in [0.3, 0.4) is 0 Å². The van der Waals surface area contributed by atoms with Crippen LogP contribution in [0.1, 0.15) is 17.0 Å². The average Bonchev–Trinajstić information content (AvgIpc) is 2.90. The fourth-order valence-electron chi connectivity index (χ4n) is 2.27. The SMILES string of the molecule is Cc1n[nH]c(C)c1S(=O)(=O)NCC(=O)N(C)CCc1ccncc1. The summed E-state index contributed by atoms with van der Waals surface area (Å²) < 4.78 is 26.9. The van der Waals surface area contributed by atoms with Crippen LogP contribution >= 0.6 is 0 Å². The van der Waals surface area contributed by atoms with Crippen LogP contribution in [0.4, 0.5) is 0 Å². The Kier molecular flexibility index (Phi) is 5.68. The Hall–Kier alpha value is -2.26. The van der Waals surface area contributed by atoms with Crippen molar-refractivity contribution < 1.29 is 13.2 Å². The lowest BCUT2D eigenvalue weighted by atomic mass is 10.2. The van der Waals surface area contributed by atoms with Gasteiger partial charge in [0.15, 0.2) is 0 Å². The molecule has 24 heavy (non-hydrogen) atoms. The van der Waals surface area contributed by atoms with Crippen molar-refractivity contribution in [2.45, 2.75) is 25.2 Å². The summed E-state index contributed by atoms with van der Waals surface area (Å²) in [6.45, 7) is 3.42. The number of H-pyrrole nitrogens is 1. The van der Waals surface area contributed by atoms with Crippen molar-refractivity contribution in [3.63, 3.8) is 0 Å². The van der Waals surface area contributed by atoms with Gasteiger partial charge in [0.05, 0.1) is 17.9 Å². The molecule has 130 valence electrons. The van der Waals surface area contributed by atoms with Gasteiger partial charge in [-0.25, -0.2) is 13.1 Å². The largest absolute Gasteiger partial charge is 0.344 e. The van der Waals surface area contributed by atoms with E-state index in [1.807, 2.05) is 12.1 Å². The number of aryl methyl sites for hydroxylation is 2. The van der Waals surface area contributed by atoms with Crippen molar-refractivity contribution >= 4 is 15.9 Å². The third kappa shape index (κ3) is 4.39. The number of carbonyl (C=O) groups excluding carboxylic acids is 1. The van der Waals surface area contributed by atoms with Gasteiger partial charge < -0.3 is 4.90 Å². The van der Waals surface area contributed by atoms with Crippen molar-refractivity contribution in [2.24, 2.45) is 0 Å². The predicted molar refractivity (Wildman–Crippen MR) is 88.8 cm³/mol. The number of carbonyl (C=O) groups is 1. The maximum atomic E-state index is 12.3. The Labute approximate surface area is 141 Å². The summed E-state index contributed by atoms with van der Waals surface area (Å²) in [5, 5.41) is 6.49. The monoisotopic (exact) mass is 351 g/mol. The van der Waals surface area contributed by atoms with Crippen molar-refractivity contribution in [3.05, 3.63) is 41.5 Å². The van der Waals surface area contributed by atoms with E-state index in [0.717, 1.165) is 5.56 Å². The molecule has 2 N–H and O–H groups in total. The summed E-state index contributed by atoms with van der Waals surface area (Å²) >= 11 is 0. The Morgan fingerprint density at radius 1 is 1.29 bits per heavy atom. The van der Waals surface area contributed by atoms with Crippen LogP contribution in [0.2, 0.25) is 0 Å². The molecule has 0 aliphatic rings. The Bertz CT molecular complexity index is 782. The summed E-state index contributed by atoms with van der Waals surface area (Å²) in [5.41, 5.74) is 1.88. The molecule has 0 aliphatic carbocycles. The Balaban J connectivity index is 1.90. The summed E-state index contributed by atoms with van der Waals surface area (Å²) in [5.74, 6) is -0.300. The van der Waals surface area contributed by atoms with Gasteiger partial charge in [-0.15, -0.1) is 0 Å². The number of sulfonamides is 1. The van der Waals surface area contributed by atoms with E-state index in [0.29, 0.717) is 24.4 Å². The van der Waals surface area contributed by atoms with E-state index >= 15 is 0 Å². The van der Waals surface area contributed by atoms with E-state index in [1.54, 1.807) is 33.3 Å². The van der Waals surface area contributed by atoms with Crippen LogP contribution in [0.25, 0.3) is 0 Å². The zero-order valence-corrected chi connectivity index (χ0v) is 14.7. The number of hydrogen-bond donors (Lipinski definition) is 2. The molecule has 2 heterocycles. The van der Waals surface area contributed by atoms with E-state index in [4.69, 9.17) is 0 Å². The second-order valence-electron chi connectivity index (χ2n) is 5.51. The molecule has 0 spiro atoms. The molecule has 0 aromatic carbocycles. The van der Waals surface area contributed by atoms with E-state index in [1.165, 1.54) is 4.90 Å². The standard InChI is InChI=1S/C15H21N5O3S/c1-11-15(12(2)19-18-11)24(22,23)17-10-14(21)20(3)9-6-13-4-7-16-8-5-13/h4-5,7-8,17H,6,9-10H2,1-3H3,(H,18,19). The molecule has 0 fully saturated rings. The van der Waals surface area contributed by atoms with E-state index in [2.05, 4.69) is 19.9 Å². The normalized spacial score (nSPS) is 11.5. The molecule has 2 aromatic heterocycles. The van der Waals surface area contributed by atoms with Crippen LogP contribution in [0, 0.1) is 13.8 Å². The van der Waals surface area contributed by atoms with Gasteiger partial charge in [0, 0.05) is 26.0 Å². The summed E-state index contributed by atoms with van der Waals surface area (Å²) in [4.78, 5) is 17.6. The van der Waals surface area contributed by atoms with E-state index < -0.39 is 10.0 Å². The first kappa shape index (κ1) is 18.1. The Morgan fingerprint density at radius 2 is 1.96 bits per heavy atom. The minimum atomic E-state index is -3.77. The topological polar surface area (TPSA) is 108 Å². The van der Waals surface area contributed by atoms with Crippen LogP contribution in [0.5, 0.6) is 0 Å². The van der Waals surface area contributed by atoms with Gasteiger partial charge in [0.1, 0.15) is 4.90 Å². The third-order valence-electron chi connectivity index (χ3n) is 3.65. The lowest BCUT2D eigenvalue weighted by Crippen LogP contribution is -2.39. The number of aromatic nitrogens is 3. The first-order valence-corrected chi connectivity index (χ1v) is 8.93. The van der Waals surface area contributed by atoms with Crippen molar-refractivity contribution in [1.29, 1.82) is 0 Å². The van der Waals surface area contributed by atoms with Crippen molar-refractivity contribution in [2.75, 3.05) is 20.1 Å². The number of likely N-dealkylation sites (N-methyl/N-ethyl adjacent to an activating group) is 1. The molecule has 8 nitrogen and oxygen atoms in total. The highest BCUT2D eigenvalue weighted by molar-refractivity contribution is 7.89. The second-order valence-corrected chi connectivity index (χ2v) is 7.21. The molecule has 0 aliphatic heterocycles. The van der Waals surface area contributed by atoms with Gasteiger partial charge >= 0.3 is 0 Å². The summed E-state index contributed by atoms with van der Waals surface area (Å²) in [6.07, 6.45) is 4.07. The summed E-state index contributed by atoms with van der Waals surface area (Å²) in [6, 6.07) is 3.76. The number of nitrogens with one attached hydrogen (secondary N) is 2. The van der Waals surface area contributed by atoms with Gasteiger partial charge in [-0.1, -0.05) is 0 Å². The fraction of sp³-hybridized carbons (Fsp3) is 0.400. The molecule has 0 saturated carbocycles. The van der Waals surface area contributed by atoms with E-state index in [9.17, 15) is 13.2 Å². The van der Waals surface area contributed by atoms with Crippen molar-refractivity contribution in [1.82, 2.24) is 24.8 Å². The molecule has 9 heteroatoms. The molecule has 0 unspecified atom stereocenters. The van der Waals surface area contributed by atoms with Crippen LogP contribution in [-0.2, 0) is 21.2 Å². The average molecular weight is 351 g/mol. The van der Waals surface area contributed by atoms with Crippen LogP contribution in [-0.4, -0.2) is 54.5 Å². The maximum absolute atomic E-state index is 12.3. The first-order valence-electron chi connectivity index (χ1n) is 7.45. The minimum absolute atomic E-state index is 0.0924. The molecule has 0 radical (unpaired) electrons. The number of rotatable bonds is 7. The maximum Gasteiger partial charge on any atom is 0.244 e. The predicted octanol–water partition coefficient (Wildman–Crippen LogP) is 0.401.